The molecule has 128 valence electrons. The van der Waals surface area contributed by atoms with Gasteiger partial charge in [0, 0.05) is 31.7 Å². The molecular weight excluding hydrogens is 310 g/mol. The number of hydrogen-bond donors (Lipinski definition) is 2. The Kier molecular flexibility index (Phi) is 5.07. The minimum Gasteiger partial charge on any atom is -0.496 e. The highest BCUT2D eigenvalue weighted by molar-refractivity contribution is 5.73. The summed E-state index contributed by atoms with van der Waals surface area (Å²) in [5.41, 5.74) is 2.14. The normalized spacial score (nSPS) is 18.5. The number of carboxylic acids is 1. The van der Waals surface area contributed by atoms with E-state index in [2.05, 4.69) is 26.4 Å². The lowest BCUT2D eigenvalue weighted by Crippen LogP contribution is -2.53. The molecule has 1 aromatic carbocycles. The van der Waals surface area contributed by atoms with Crippen molar-refractivity contribution in [1.82, 2.24) is 25.0 Å². The monoisotopic (exact) mass is 331 g/mol. The zero-order valence-corrected chi connectivity index (χ0v) is 13.6. The summed E-state index contributed by atoms with van der Waals surface area (Å²) in [4.78, 5) is 17.3. The number of ether oxygens (including phenoxy) is 1. The summed E-state index contributed by atoms with van der Waals surface area (Å²) in [6.07, 6.45) is 3.17. The van der Waals surface area contributed by atoms with Crippen LogP contribution in [0.25, 0.3) is 0 Å². The maximum absolute atomic E-state index is 11.1. The van der Waals surface area contributed by atoms with Gasteiger partial charge >= 0.3 is 5.97 Å². The zero-order chi connectivity index (χ0) is 16.9. The lowest BCUT2D eigenvalue weighted by molar-refractivity contribution is -0.140. The number of carboxylic acid groups (broad SMARTS) is 1. The third kappa shape index (κ3) is 3.90. The Balaban J connectivity index is 1.72. The molecule has 0 unspecified atom stereocenters. The Labute approximate surface area is 140 Å². The van der Waals surface area contributed by atoms with Crippen LogP contribution in [0.2, 0.25) is 0 Å². The highest BCUT2D eigenvalue weighted by atomic mass is 16.5. The fourth-order valence-corrected chi connectivity index (χ4v) is 2.92. The molecule has 0 saturated carbocycles. The van der Waals surface area contributed by atoms with Crippen LogP contribution in [-0.4, -0.2) is 63.5 Å². The zero-order valence-electron chi connectivity index (χ0n) is 13.6. The Morgan fingerprint density at radius 2 is 2.33 bits per heavy atom. The van der Waals surface area contributed by atoms with E-state index in [0.29, 0.717) is 26.2 Å². The molecule has 0 spiro atoms. The van der Waals surface area contributed by atoms with E-state index < -0.39 is 12.0 Å². The molecule has 8 nitrogen and oxygen atoms in total. The third-order valence-electron chi connectivity index (χ3n) is 4.11. The molecule has 1 saturated heterocycles. The van der Waals surface area contributed by atoms with E-state index in [1.807, 2.05) is 12.1 Å². The molecule has 24 heavy (non-hydrogen) atoms. The molecule has 8 heteroatoms. The first kappa shape index (κ1) is 16.4. The van der Waals surface area contributed by atoms with Gasteiger partial charge in [-0.25, -0.2) is 9.67 Å². The fourth-order valence-electron chi connectivity index (χ4n) is 2.92. The Morgan fingerprint density at radius 3 is 3.04 bits per heavy atom. The van der Waals surface area contributed by atoms with Crippen molar-refractivity contribution in [2.24, 2.45) is 0 Å². The first-order valence-corrected chi connectivity index (χ1v) is 7.82. The molecule has 3 rings (SSSR count). The molecule has 1 aliphatic rings. The molecule has 1 aliphatic heterocycles. The number of nitrogens with one attached hydrogen (secondary N) is 1. The average Bonchev–Trinajstić information content (AvgIpc) is 3.08. The van der Waals surface area contributed by atoms with Gasteiger partial charge in [-0.15, -0.1) is 0 Å². The minimum absolute atomic E-state index is 0.500. The van der Waals surface area contributed by atoms with Crippen LogP contribution < -0.4 is 10.1 Å². The predicted octanol–water partition coefficient (Wildman–Crippen LogP) is 0.193. The highest BCUT2D eigenvalue weighted by Gasteiger charge is 2.24. The van der Waals surface area contributed by atoms with E-state index >= 15 is 0 Å². The molecule has 1 atom stereocenters. The van der Waals surface area contributed by atoms with E-state index in [-0.39, 0.29) is 0 Å². The van der Waals surface area contributed by atoms with Crippen molar-refractivity contribution in [3.8, 4) is 5.75 Å². The first-order valence-electron chi connectivity index (χ1n) is 7.82. The number of piperazine rings is 1. The maximum Gasteiger partial charge on any atom is 0.322 e. The largest absolute Gasteiger partial charge is 0.496 e. The minimum atomic E-state index is -0.804. The van der Waals surface area contributed by atoms with Gasteiger partial charge in [0.1, 0.15) is 24.4 Å². The molecule has 0 amide bonds. The number of carbonyl (C=O) groups is 1. The van der Waals surface area contributed by atoms with Crippen molar-refractivity contribution in [2.45, 2.75) is 19.1 Å². The second-order valence-electron chi connectivity index (χ2n) is 5.82. The number of nitrogens with zero attached hydrogens (tertiary/aromatic N) is 4. The van der Waals surface area contributed by atoms with Gasteiger partial charge in [0.05, 0.1) is 13.7 Å². The van der Waals surface area contributed by atoms with Crippen LogP contribution in [0.4, 0.5) is 0 Å². The lowest BCUT2D eigenvalue weighted by Gasteiger charge is -2.31. The average molecular weight is 331 g/mol. The maximum atomic E-state index is 11.1. The van der Waals surface area contributed by atoms with Crippen molar-refractivity contribution in [2.75, 3.05) is 26.7 Å². The van der Waals surface area contributed by atoms with Crippen LogP contribution in [0.3, 0.4) is 0 Å². The summed E-state index contributed by atoms with van der Waals surface area (Å²) in [5.74, 6) is -0.000671. The van der Waals surface area contributed by atoms with Crippen molar-refractivity contribution in [3.63, 3.8) is 0 Å². The van der Waals surface area contributed by atoms with Gasteiger partial charge in [-0.2, -0.15) is 5.10 Å². The van der Waals surface area contributed by atoms with Crippen molar-refractivity contribution in [3.05, 3.63) is 42.0 Å². The number of hydrogen-bond acceptors (Lipinski definition) is 6. The predicted molar refractivity (Wildman–Crippen MR) is 86.8 cm³/mol. The summed E-state index contributed by atoms with van der Waals surface area (Å²) in [6.45, 7) is 3.29. The fraction of sp³-hybridized carbons (Fsp3) is 0.438. The Bertz CT molecular complexity index is 689. The Morgan fingerprint density at radius 1 is 1.46 bits per heavy atom. The van der Waals surface area contributed by atoms with Gasteiger partial charge < -0.3 is 15.2 Å². The second-order valence-corrected chi connectivity index (χ2v) is 5.82. The topological polar surface area (TPSA) is 92.5 Å². The van der Waals surface area contributed by atoms with E-state index in [0.717, 1.165) is 23.4 Å². The quantitative estimate of drug-likeness (QED) is 0.781. The van der Waals surface area contributed by atoms with Crippen LogP contribution in [0.1, 0.15) is 11.1 Å². The molecule has 0 aliphatic carbocycles. The van der Waals surface area contributed by atoms with Crippen LogP contribution in [0.5, 0.6) is 5.75 Å². The van der Waals surface area contributed by atoms with E-state index in [4.69, 9.17) is 9.84 Å². The summed E-state index contributed by atoms with van der Waals surface area (Å²) in [6, 6.07) is 5.53. The highest BCUT2D eigenvalue weighted by Crippen LogP contribution is 2.22. The summed E-state index contributed by atoms with van der Waals surface area (Å²) in [5, 5.41) is 16.3. The van der Waals surface area contributed by atoms with Gasteiger partial charge in [0.15, 0.2) is 0 Å². The number of aliphatic carboxylic acids is 1. The van der Waals surface area contributed by atoms with Crippen molar-refractivity contribution < 1.29 is 14.6 Å². The summed E-state index contributed by atoms with van der Waals surface area (Å²) >= 11 is 0. The van der Waals surface area contributed by atoms with Crippen LogP contribution in [-0.2, 0) is 17.9 Å². The standard InChI is InChI=1S/C16H21N5O3/c1-24-15-3-2-12(6-13(15)8-21-11-17-10-19-21)7-20-5-4-18-14(9-20)16(22)23/h2-3,6,10-11,14,18H,4-5,7-9H2,1H3,(H,22,23)/t14-/m1/s1. The smallest absolute Gasteiger partial charge is 0.322 e. The molecular formula is C16H21N5O3. The van der Waals surface area contributed by atoms with Crippen LogP contribution in [0.15, 0.2) is 30.9 Å². The SMILES string of the molecule is COc1ccc(CN2CCN[C@@H](C(=O)O)C2)cc1Cn1cncn1. The van der Waals surface area contributed by atoms with Gasteiger partial charge in [0.2, 0.25) is 0 Å². The first-order chi connectivity index (χ1) is 11.7. The van der Waals surface area contributed by atoms with E-state index in [1.54, 1.807) is 18.1 Å². The van der Waals surface area contributed by atoms with Gasteiger partial charge in [0.25, 0.3) is 0 Å². The van der Waals surface area contributed by atoms with Crippen molar-refractivity contribution >= 4 is 5.97 Å². The summed E-state index contributed by atoms with van der Waals surface area (Å²) in [7, 11) is 1.65. The second kappa shape index (κ2) is 7.41. The van der Waals surface area contributed by atoms with Gasteiger partial charge in [-0.1, -0.05) is 6.07 Å². The number of methoxy groups -OCH3 is 1. The Hall–Kier alpha value is -2.45. The van der Waals surface area contributed by atoms with Crippen LogP contribution >= 0.6 is 0 Å². The summed E-state index contributed by atoms with van der Waals surface area (Å²) < 4.78 is 7.17. The molecule has 1 fully saturated rings. The van der Waals surface area contributed by atoms with Gasteiger partial charge in [-0.05, 0) is 17.7 Å². The number of aromatic nitrogens is 3. The van der Waals surface area contributed by atoms with Crippen molar-refractivity contribution in [1.29, 1.82) is 0 Å². The molecule has 2 heterocycles. The molecule has 2 aromatic rings. The molecule has 0 radical (unpaired) electrons. The van der Waals surface area contributed by atoms with Gasteiger partial charge in [-0.3, -0.25) is 9.69 Å². The molecule has 2 N–H and O–H groups in total. The van der Waals surface area contributed by atoms with E-state index in [1.165, 1.54) is 6.33 Å². The third-order valence-corrected chi connectivity index (χ3v) is 4.11. The van der Waals surface area contributed by atoms with Crippen LogP contribution in [0, 0.1) is 0 Å². The number of rotatable bonds is 6. The number of benzene rings is 1. The molecule has 0 bridgehead atoms. The lowest BCUT2D eigenvalue weighted by atomic mass is 10.1. The molecule has 1 aromatic heterocycles. The van der Waals surface area contributed by atoms with E-state index in [9.17, 15) is 4.79 Å².